The second-order valence-corrected chi connectivity index (χ2v) is 5.52. The quantitative estimate of drug-likeness (QED) is 0.465. The van der Waals surface area contributed by atoms with Crippen LogP contribution in [0.15, 0.2) is 12.1 Å². The predicted molar refractivity (Wildman–Crippen MR) is 79.1 cm³/mol. The molecule has 1 aliphatic heterocycles. The molecule has 0 bridgehead atoms. The molecule has 11 heteroatoms. The maximum atomic E-state index is 12.8. The Morgan fingerprint density at radius 2 is 2.04 bits per heavy atom. The first-order chi connectivity index (χ1) is 11.6. The van der Waals surface area contributed by atoms with Gasteiger partial charge in [0, 0.05) is 12.1 Å². The van der Waals surface area contributed by atoms with Crippen LogP contribution in [0, 0.1) is 0 Å². The predicted octanol–water partition coefficient (Wildman–Crippen LogP) is 0.699. The normalized spacial score (nSPS) is 18.3. The Labute approximate surface area is 138 Å². The number of carbonyl (C=O) groups excluding carboxylic acids is 3. The minimum absolute atomic E-state index is 0.0427. The number of anilines is 1. The number of fused-ring (bicyclic) bond motifs is 1. The fourth-order valence-electron chi connectivity index (χ4n) is 2.52. The summed E-state index contributed by atoms with van der Waals surface area (Å²) in [7, 11) is 0. The smallest absolute Gasteiger partial charge is 0.399 e. The third kappa shape index (κ3) is 3.25. The van der Waals surface area contributed by atoms with E-state index in [9.17, 15) is 27.6 Å². The lowest BCUT2D eigenvalue weighted by molar-refractivity contribution is -0.144. The molecule has 1 fully saturated rings. The number of nitrogens with two attached hydrogens (primary N) is 1. The van der Waals surface area contributed by atoms with Crippen molar-refractivity contribution in [3.63, 3.8) is 0 Å². The molecule has 0 saturated carbocycles. The molecule has 1 aliphatic rings. The lowest BCUT2D eigenvalue weighted by atomic mass is 10.0. The Hall–Kier alpha value is -3.11. The number of hydrogen-bond donors (Lipinski definition) is 4. The van der Waals surface area contributed by atoms with Crippen molar-refractivity contribution in [2.45, 2.75) is 25.1 Å². The van der Waals surface area contributed by atoms with Crippen LogP contribution in [-0.2, 0) is 15.8 Å². The van der Waals surface area contributed by atoms with E-state index in [0.717, 1.165) is 0 Å². The van der Waals surface area contributed by atoms with Gasteiger partial charge in [-0.05, 0) is 18.6 Å². The summed E-state index contributed by atoms with van der Waals surface area (Å²) in [6.45, 7) is 0. The van der Waals surface area contributed by atoms with Crippen molar-refractivity contribution in [2.24, 2.45) is 0 Å². The Bertz CT molecular complexity index is 890. The second kappa shape index (κ2) is 5.76. The molecular weight excluding hydrogens is 343 g/mol. The molecule has 132 valence electrons. The SMILES string of the molecule is Nc1cc(C(=O)NC2CCC(=O)NC2=O)c2[nH]c(C(F)(F)F)nc2c1. The number of amides is 3. The number of nitrogens with zero attached hydrogens (tertiary/aromatic N) is 1. The number of carbonyl (C=O) groups is 3. The largest absolute Gasteiger partial charge is 0.449 e. The Kier molecular flexibility index (Phi) is 3.85. The molecule has 5 N–H and O–H groups in total. The molecule has 1 atom stereocenters. The number of aromatic nitrogens is 2. The lowest BCUT2D eigenvalue weighted by Gasteiger charge is -2.21. The van der Waals surface area contributed by atoms with Crippen LogP contribution in [0.2, 0.25) is 0 Å². The van der Waals surface area contributed by atoms with Gasteiger partial charge in [-0.1, -0.05) is 0 Å². The van der Waals surface area contributed by atoms with Crippen molar-refractivity contribution in [2.75, 3.05) is 5.73 Å². The molecule has 1 aromatic carbocycles. The van der Waals surface area contributed by atoms with Gasteiger partial charge in [0.2, 0.25) is 17.6 Å². The summed E-state index contributed by atoms with van der Waals surface area (Å²) in [5, 5.41) is 4.46. The number of aromatic amines is 1. The van der Waals surface area contributed by atoms with E-state index >= 15 is 0 Å². The van der Waals surface area contributed by atoms with Crippen LogP contribution >= 0.6 is 0 Å². The number of rotatable bonds is 2. The summed E-state index contributed by atoms with van der Waals surface area (Å²) in [6, 6.07) is 1.41. The average Bonchev–Trinajstić information content (AvgIpc) is 2.93. The number of piperidine rings is 1. The first-order valence-electron chi connectivity index (χ1n) is 7.16. The summed E-state index contributed by atoms with van der Waals surface area (Å²) in [5.74, 6) is -3.19. The maximum Gasteiger partial charge on any atom is 0.449 e. The highest BCUT2D eigenvalue weighted by Gasteiger charge is 2.35. The van der Waals surface area contributed by atoms with Crippen LogP contribution in [0.4, 0.5) is 18.9 Å². The van der Waals surface area contributed by atoms with Crippen LogP contribution in [0.25, 0.3) is 11.0 Å². The number of hydrogen-bond acceptors (Lipinski definition) is 5. The third-order valence-electron chi connectivity index (χ3n) is 3.67. The van der Waals surface area contributed by atoms with Crippen LogP contribution in [-0.4, -0.2) is 33.7 Å². The molecule has 2 heterocycles. The number of nitrogen functional groups attached to an aromatic ring is 1. The molecule has 0 aliphatic carbocycles. The fraction of sp³-hybridized carbons (Fsp3) is 0.286. The number of halogens is 3. The van der Waals surface area contributed by atoms with E-state index < -0.39 is 35.8 Å². The van der Waals surface area contributed by atoms with Gasteiger partial charge in [0.15, 0.2) is 0 Å². The Morgan fingerprint density at radius 3 is 2.68 bits per heavy atom. The molecule has 8 nitrogen and oxygen atoms in total. The topological polar surface area (TPSA) is 130 Å². The summed E-state index contributed by atoms with van der Waals surface area (Å²) >= 11 is 0. The molecule has 3 rings (SSSR count). The summed E-state index contributed by atoms with van der Waals surface area (Å²) in [5.41, 5.74) is 5.21. The first kappa shape index (κ1) is 16.7. The van der Waals surface area contributed by atoms with Gasteiger partial charge < -0.3 is 16.0 Å². The zero-order valence-corrected chi connectivity index (χ0v) is 12.5. The lowest BCUT2D eigenvalue weighted by Crippen LogP contribution is -2.52. The molecule has 2 aromatic rings. The van der Waals surface area contributed by atoms with Gasteiger partial charge in [-0.3, -0.25) is 19.7 Å². The van der Waals surface area contributed by atoms with Gasteiger partial charge in [-0.25, -0.2) is 4.98 Å². The van der Waals surface area contributed by atoms with E-state index in [1.165, 1.54) is 12.1 Å². The number of imide groups is 1. The van der Waals surface area contributed by atoms with Crippen LogP contribution in [0.1, 0.15) is 29.0 Å². The van der Waals surface area contributed by atoms with E-state index in [0.29, 0.717) is 0 Å². The van der Waals surface area contributed by atoms with Crippen molar-refractivity contribution in [3.05, 3.63) is 23.5 Å². The highest BCUT2D eigenvalue weighted by molar-refractivity contribution is 6.09. The molecule has 25 heavy (non-hydrogen) atoms. The number of imidazole rings is 1. The van der Waals surface area contributed by atoms with Gasteiger partial charge in [0.1, 0.15) is 6.04 Å². The van der Waals surface area contributed by atoms with Crippen molar-refractivity contribution in [3.8, 4) is 0 Å². The van der Waals surface area contributed by atoms with Crippen molar-refractivity contribution < 1.29 is 27.6 Å². The molecule has 3 amide bonds. The molecular formula is C14H12F3N5O3. The Balaban J connectivity index is 1.94. The summed E-state index contributed by atoms with van der Waals surface area (Å²) < 4.78 is 38.4. The summed E-state index contributed by atoms with van der Waals surface area (Å²) in [6.07, 6.45) is -4.57. The zero-order valence-electron chi connectivity index (χ0n) is 12.5. The van der Waals surface area contributed by atoms with Gasteiger partial charge in [-0.15, -0.1) is 0 Å². The Morgan fingerprint density at radius 1 is 1.32 bits per heavy atom. The van der Waals surface area contributed by atoms with Gasteiger partial charge >= 0.3 is 6.18 Å². The highest BCUT2D eigenvalue weighted by Crippen LogP contribution is 2.30. The zero-order chi connectivity index (χ0) is 18.4. The number of H-pyrrole nitrogens is 1. The monoisotopic (exact) mass is 355 g/mol. The molecule has 1 unspecified atom stereocenters. The molecule has 1 saturated heterocycles. The molecule has 1 aromatic heterocycles. The molecule has 0 spiro atoms. The standard InChI is InChI=1S/C14H12F3N5O3/c15-14(16,17)13-20-8-4-5(18)3-6(10(8)22-13)11(24)19-7-1-2-9(23)21-12(7)25/h3-4,7H,1-2,18H2,(H,19,24)(H,20,22)(H,21,23,25). The van der Waals surface area contributed by atoms with Crippen LogP contribution < -0.4 is 16.4 Å². The van der Waals surface area contributed by atoms with Crippen molar-refractivity contribution >= 4 is 34.4 Å². The maximum absolute atomic E-state index is 12.8. The first-order valence-corrected chi connectivity index (χ1v) is 7.16. The molecule has 0 radical (unpaired) electrons. The van der Waals surface area contributed by atoms with E-state index in [2.05, 4.69) is 20.6 Å². The van der Waals surface area contributed by atoms with Crippen LogP contribution in [0.5, 0.6) is 0 Å². The van der Waals surface area contributed by atoms with E-state index in [-0.39, 0.29) is 35.1 Å². The minimum atomic E-state index is -4.72. The number of alkyl halides is 3. The minimum Gasteiger partial charge on any atom is -0.399 e. The number of nitrogens with one attached hydrogen (secondary N) is 3. The van der Waals surface area contributed by atoms with Crippen molar-refractivity contribution in [1.29, 1.82) is 0 Å². The third-order valence-corrected chi connectivity index (χ3v) is 3.67. The van der Waals surface area contributed by atoms with E-state index in [1.807, 2.05) is 0 Å². The van der Waals surface area contributed by atoms with Gasteiger partial charge in [0.25, 0.3) is 5.91 Å². The second-order valence-electron chi connectivity index (χ2n) is 5.52. The highest BCUT2D eigenvalue weighted by atomic mass is 19.4. The van der Waals surface area contributed by atoms with Gasteiger partial charge in [-0.2, -0.15) is 13.2 Å². The van der Waals surface area contributed by atoms with Gasteiger partial charge in [0.05, 0.1) is 16.6 Å². The van der Waals surface area contributed by atoms with E-state index in [4.69, 9.17) is 5.73 Å². The summed E-state index contributed by atoms with van der Waals surface area (Å²) in [4.78, 5) is 40.7. The van der Waals surface area contributed by atoms with Crippen molar-refractivity contribution in [1.82, 2.24) is 20.6 Å². The average molecular weight is 355 g/mol. The number of benzene rings is 1. The van der Waals surface area contributed by atoms with E-state index in [1.54, 1.807) is 0 Å². The van der Waals surface area contributed by atoms with Crippen LogP contribution in [0.3, 0.4) is 0 Å². The fourth-order valence-corrected chi connectivity index (χ4v) is 2.52.